The molecule has 0 saturated carbocycles. The summed E-state index contributed by atoms with van der Waals surface area (Å²) in [7, 11) is 0. The monoisotopic (exact) mass is 769 g/mol. The van der Waals surface area contributed by atoms with E-state index < -0.39 is 6.17 Å². The lowest BCUT2D eigenvalue weighted by molar-refractivity contribution is 0.657. The average molecular weight is 770 g/mol. The van der Waals surface area contributed by atoms with Crippen LogP contribution in [0.2, 0.25) is 0 Å². The molecule has 1 aliphatic carbocycles. The normalized spacial score (nSPS) is 15.5. The lowest BCUT2D eigenvalue weighted by Gasteiger charge is -2.28. The van der Waals surface area contributed by atoms with Gasteiger partial charge in [0.25, 0.3) is 0 Å². The van der Waals surface area contributed by atoms with Gasteiger partial charge in [-0.15, -0.1) is 0 Å². The number of nitrogens with one attached hydrogen (secondary N) is 1. The van der Waals surface area contributed by atoms with Crippen molar-refractivity contribution in [2.24, 2.45) is 9.98 Å². The van der Waals surface area contributed by atoms with E-state index in [1.54, 1.807) is 0 Å². The average Bonchev–Trinajstić information content (AvgIpc) is 3.80. The second-order valence-electron chi connectivity index (χ2n) is 16.6. The number of amidine groups is 2. The predicted molar refractivity (Wildman–Crippen MR) is 249 cm³/mol. The molecule has 2 aliphatic rings. The highest BCUT2D eigenvalue weighted by Crippen LogP contribution is 2.50. The number of benzene rings is 9. The van der Waals surface area contributed by atoms with E-state index in [1.807, 2.05) is 6.07 Å². The maximum absolute atomic E-state index is 6.53. The van der Waals surface area contributed by atoms with Crippen LogP contribution >= 0.6 is 0 Å². The zero-order chi connectivity index (χ0) is 40.0. The molecule has 9 aromatic carbocycles. The molecular formula is C56H39N3O. The first-order chi connectivity index (χ1) is 29.5. The first-order valence-corrected chi connectivity index (χ1v) is 20.7. The second kappa shape index (κ2) is 13.2. The highest BCUT2D eigenvalue weighted by Gasteiger charge is 2.38. The van der Waals surface area contributed by atoms with Crippen molar-refractivity contribution in [1.29, 1.82) is 0 Å². The number of hydrogen-bond donors (Lipinski definition) is 1. The smallest absolute Gasteiger partial charge is 0.169 e. The summed E-state index contributed by atoms with van der Waals surface area (Å²) >= 11 is 0. The third kappa shape index (κ3) is 5.38. The molecule has 1 unspecified atom stereocenters. The molecule has 1 N–H and O–H groups in total. The molecular weight excluding hydrogens is 731 g/mol. The molecule has 0 radical (unpaired) electrons. The fourth-order valence-corrected chi connectivity index (χ4v) is 9.82. The van der Waals surface area contributed by atoms with Gasteiger partial charge in [-0.2, -0.15) is 0 Å². The Labute approximate surface area is 348 Å². The van der Waals surface area contributed by atoms with Gasteiger partial charge in [0.15, 0.2) is 6.17 Å². The molecule has 0 amide bonds. The minimum Gasteiger partial charge on any atom is -0.456 e. The molecule has 1 atom stereocenters. The van der Waals surface area contributed by atoms with E-state index in [2.05, 4.69) is 201 Å². The summed E-state index contributed by atoms with van der Waals surface area (Å²) in [6.45, 7) is 4.65. The summed E-state index contributed by atoms with van der Waals surface area (Å²) in [5, 5.41) is 10.9. The van der Waals surface area contributed by atoms with Crippen molar-refractivity contribution in [3.63, 3.8) is 0 Å². The summed E-state index contributed by atoms with van der Waals surface area (Å²) in [5.74, 6) is 1.63. The highest BCUT2D eigenvalue weighted by atomic mass is 16.3. The van der Waals surface area contributed by atoms with E-state index in [1.165, 1.54) is 49.4 Å². The maximum Gasteiger partial charge on any atom is 0.169 e. The first kappa shape index (κ1) is 34.5. The Morgan fingerprint density at radius 1 is 0.450 bits per heavy atom. The Balaban J connectivity index is 0.981. The van der Waals surface area contributed by atoms with Gasteiger partial charge in [0.2, 0.25) is 0 Å². The van der Waals surface area contributed by atoms with Crippen LogP contribution in [0.4, 0.5) is 0 Å². The largest absolute Gasteiger partial charge is 0.456 e. The Hall–Kier alpha value is -7.56. The summed E-state index contributed by atoms with van der Waals surface area (Å²) in [6, 6.07) is 67.2. The van der Waals surface area contributed by atoms with Gasteiger partial charge >= 0.3 is 0 Å². The van der Waals surface area contributed by atoms with Crippen LogP contribution in [0, 0.1) is 0 Å². The van der Waals surface area contributed by atoms with Gasteiger partial charge in [0.05, 0.1) is 0 Å². The van der Waals surface area contributed by atoms with Crippen LogP contribution in [0.25, 0.3) is 76.9 Å². The van der Waals surface area contributed by atoms with Crippen LogP contribution in [0.5, 0.6) is 0 Å². The van der Waals surface area contributed by atoms with Crippen molar-refractivity contribution in [2.45, 2.75) is 25.4 Å². The van der Waals surface area contributed by atoms with Crippen molar-refractivity contribution in [2.75, 3.05) is 0 Å². The van der Waals surface area contributed by atoms with Gasteiger partial charge in [-0.25, -0.2) is 9.98 Å². The van der Waals surface area contributed by atoms with Crippen molar-refractivity contribution in [3.05, 3.63) is 216 Å². The number of fused-ring (bicyclic) bond motifs is 9. The summed E-state index contributed by atoms with van der Waals surface area (Å²) in [5.41, 5.74) is 14.4. The van der Waals surface area contributed by atoms with Crippen molar-refractivity contribution >= 4 is 55.2 Å². The Morgan fingerprint density at radius 3 is 2.00 bits per heavy atom. The molecule has 284 valence electrons. The van der Waals surface area contributed by atoms with Crippen LogP contribution in [0.3, 0.4) is 0 Å². The third-order valence-corrected chi connectivity index (χ3v) is 12.7. The minimum absolute atomic E-state index is 0.196. The van der Waals surface area contributed by atoms with Crippen molar-refractivity contribution in [1.82, 2.24) is 5.32 Å². The number of nitrogens with zero attached hydrogens (tertiary/aromatic N) is 2. The molecule has 4 heteroatoms. The molecule has 10 aromatic rings. The van der Waals surface area contributed by atoms with E-state index in [0.29, 0.717) is 0 Å². The molecule has 4 nitrogen and oxygen atoms in total. The van der Waals surface area contributed by atoms with Gasteiger partial charge < -0.3 is 9.73 Å². The summed E-state index contributed by atoms with van der Waals surface area (Å²) in [4.78, 5) is 10.7. The van der Waals surface area contributed by atoms with Crippen molar-refractivity contribution in [3.8, 4) is 33.4 Å². The fourth-order valence-electron chi connectivity index (χ4n) is 9.82. The molecule has 0 saturated heterocycles. The summed E-state index contributed by atoms with van der Waals surface area (Å²) < 4.78 is 6.53. The zero-order valence-electron chi connectivity index (χ0n) is 33.3. The number of furan rings is 1. The summed E-state index contributed by atoms with van der Waals surface area (Å²) in [6.07, 6.45) is -0.463. The lowest BCUT2D eigenvalue weighted by atomic mass is 9.80. The zero-order valence-corrected chi connectivity index (χ0v) is 33.3. The van der Waals surface area contributed by atoms with Crippen molar-refractivity contribution < 1.29 is 4.42 Å². The lowest BCUT2D eigenvalue weighted by Crippen LogP contribution is -2.37. The van der Waals surface area contributed by atoms with Gasteiger partial charge in [0.1, 0.15) is 22.8 Å². The van der Waals surface area contributed by atoms with Gasteiger partial charge in [-0.3, -0.25) is 0 Å². The number of rotatable bonds is 5. The predicted octanol–water partition coefficient (Wildman–Crippen LogP) is 14.0. The Bertz CT molecular complexity index is 3440. The topological polar surface area (TPSA) is 49.9 Å². The first-order valence-electron chi connectivity index (χ1n) is 20.7. The van der Waals surface area contributed by atoms with E-state index in [-0.39, 0.29) is 5.41 Å². The van der Waals surface area contributed by atoms with Crippen LogP contribution in [-0.4, -0.2) is 11.7 Å². The third-order valence-electron chi connectivity index (χ3n) is 12.7. The van der Waals surface area contributed by atoms with Gasteiger partial charge in [-0.1, -0.05) is 172 Å². The van der Waals surface area contributed by atoms with E-state index in [4.69, 9.17) is 14.4 Å². The molecule has 1 aliphatic heterocycles. The Morgan fingerprint density at radius 2 is 1.10 bits per heavy atom. The van der Waals surface area contributed by atoms with E-state index >= 15 is 0 Å². The van der Waals surface area contributed by atoms with E-state index in [9.17, 15) is 0 Å². The number of hydrogen-bond acceptors (Lipinski definition) is 4. The molecule has 0 spiro atoms. The SMILES string of the molecule is CC1(C)c2ccccc2-c2cccc(C3=NC(c4cccc(-c5cccc6oc7ccc(-c8ccc9ccc%10ccccc%10c9c8)cc7c56)c4)N=C(c4ccccc4)N3)c21. The molecule has 1 aromatic heterocycles. The Kier molecular flexibility index (Phi) is 7.61. The van der Waals surface area contributed by atoms with Crippen LogP contribution in [0.1, 0.15) is 47.8 Å². The van der Waals surface area contributed by atoms with Gasteiger partial charge in [-0.05, 0) is 102 Å². The van der Waals surface area contributed by atoms with Gasteiger partial charge in [0, 0.05) is 27.3 Å². The minimum atomic E-state index is -0.463. The molecule has 12 rings (SSSR count). The molecule has 0 fully saturated rings. The molecule has 0 bridgehead atoms. The maximum atomic E-state index is 6.53. The fraction of sp³-hybridized carbons (Fsp3) is 0.0714. The van der Waals surface area contributed by atoms with Crippen LogP contribution in [-0.2, 0) is 5.41 Å². The number of aliphatic imine (C=N–C) groups is 2. The standard InChI is InChI=1S/C56H39N3O/c1-56(2)48-23-9-8-19-43(48)44-21-11-22-45(52(44)56)55-58-53(36-14-4-3-5-15-36)57-54(59-55)40-17-10-16-39(31-40)42-20-12-24-50-51(42)47-33-38(29-30-49(47)60-50)37-28-27-35-26-25-34-13-6-7-18-41(34)46(35)32-37/h3-33,54H,1-2H3,(H,57,58,59). The quantitative estimate of drug-likeness (QED) is 0.177. The van der Waals surface area contributed by atoms with E-state index in [0.717, 1.165) is 67.0 Å². The van der Waals surface area contributed by atoms with Crippen LogP contribution < -0.4 is 5.32 Å². The van der Waals surface area contributed by atoms with Crippen LogP contribution in [0.15, 0.2) is 202 Å². The molecule has 60 heavy (non-hydrogen) atoms. The second-order valence-corrected chi connectivity index (χ2v) is 16.6. The molecule has 2 heterocycles. The highest BCUT2D eigenvalue weighted by molar-refractivity contribution is 6.18.